The van der Waals surface area contributed by atoms with E-state index in [2.05, 4.69) is 0 Å². The molecule has 0 fully saturated rings. The summed E-state index contributed by atoms with van der Waals surface area (Å²) in [5.41, 5.74) is 5.18. The first-order chi connectivity index (χ1) is 8.50. The van der Waals surface area contributed by atoms with Crippen LogP contribution in [0.15, 0.2) is 29.6 Å². The van der Waals surface area contributed by atoms with Gasteiger partial charge in [0.2, 0.25) is 0 Å². The highest BCUT2D eigenvalue weighted by molar-refractivity contribution is 7.10. The molecule has 1 heterocycles. The average Bonchev–Trinajstić information content (AvgIpc) is 2.84. The summed E-state index contributed by atoms with van der Waals surface area (Å²) < 4.78 is 13.3. The van der Waals surface area contributed by atoms with Crippen LogP contribution in [0.3, 0.4) is 0 Å². The van der Waals surface area contributed by atoms with Gasteiger partial charge in [0.25, 0.3) is 0 Å². The van der Waals surface area contributed by atoms with Crippen LogP contribution in [-0.4, -0.2) is 10.0 Å². The number of nitrogens with zero attached hydrogens (tertiary/aromatic N) is 1. The smallest absolute Gasteiger partial charge is 0.313 e. The van der Waals surface area contributed by atoms with Crippen LogP contribution in [0, 0.1) is 15.9 Å². The van der Waals surface area contributed by atoms with Crippen molar-refractivity contribution < 1.29 is 14.4 Å². The molecule has 5 nitrogen and oxygen atoms in total. The molecule has 0 unspecified atom stereocenters. The largest absolute Gasteiger partial charge is 0.502 e. The van der Waals surface area contributed by atoms with E-state index in [1.54, 1.807) is 17.5 Å². The number of phenolic OH excluding ortho intramolecular Hbond substituents is 1. The number of hydrogen-bond donors (Lipinski definition) is 2. The van der Waals surface area contributed by atoms with Crippen LogP contribution < -0.4 is 5.73 Å². The molecule has 2 aromatic rings. The number of phenols is 1. The molecule has 0 radical (unpaired) electrons. The molecule has 3 N–H and O–H groups in total. The zero-order chi connectivity index (χ0) is 13.3. The molecule has 0 spiro atoms. The van der Waals surface area contributed by atoms with Crippen LogP contribution in [0.4, 0.5) is 10.1 Å². The Balaban J connectivity index is 2.54. The van der Waals surface area contributed by atoms with Gasteiger partial charge in [-0.25, -0.2) is 4.39 Å². The first-order valence-corrected chi connectivity index (χ1v) is 5.84. The maximum absolute atomic E-state index is 13.3. The third-order valence-electron chi connectivity index (χ3n) is 2.47. The van der Waals surface area contributed by atoms with Gasteiger partial charge in [0.1, 0.15) is 5.82 Å². The molecule has 18 heavy (non-hydrogen) atoms. The summed E-state index contributed by atoms with van der Waals surface area (Å²) >= 11 is 1.33. The lowest BCUT2D eigenvalue weighted by Gasteiger charge is -2.12. The normalized spacial score (nSPS) is 12.3. The molecule has 1 aromatic carbocycles. The van der Waals surface area contributed by atoms with Gasteiger partial charge in [-0.1, -0.05) is 6.07 Å². The van der Waals surface area contributed by atoms with Crippen molar-refractivity contribution in [3.63, 3.8) is 0 Å². The van der Waals surface area contributed by atoms with Crippen molar-refractivity contribution in [2.45, 2.75) is 6.04 Å². The monoisotopic (exact) mass is 268 g/mol. The number of rotatable bonds is 3. The maximum Gasteiger partial charge on any atom is 0.313 e. The standard InChI is InChI=1S/C11H9FN2O3S/c12-6-4-7(10(13)9-2-1-3-18-9)11(15)8(5-6)14(16)17/h1-5,10,15H,13H2/t10-/m0/s1. The lowest BCUT2D eigenvalue weighted by molar-refractivity contribution is -0.386. The quantitative estimate of drug-likeness (QED) is 0.661. The summed E-state index contributed by atoms with van der Waals surface area (Å²) in [5, 5.41) is 22.2. The van der Waals surface area contributed by atoms with Gasteiger partial charge in [0, 0.05) is 10.4 Å². The molecule has 7 heteroatoms. The van der Waals surface area contributed by atoms with Crippen LogP contribution >= 0.6 is 11.3 Å². The first-order valence-electron chi connectivity index (χ1n) is 4.96. The molecule has 2 rings (SSSR count). The Morgan fingerprint density at radius 1 is 1.50 bits per heavy atom. The number of halogens is 1. The van der Waals surface area contributed by atoms with Gasteiger partial charge in [-0.15, -0.1) is 11.3 Å². The van der Waals surface area contributed by atoms with Crippen molar-refractivity contribution in [3.8, 4) is 5.75 Å². The van der Waals surface area contributed by atoms with Crippen molar-refractivity contribution >= 4 is 17.0 Å². The fourth-order valence-corrected chi connectivity index (χ4v) is 2.35. The summed E-state index contributed by atoms with van der Waals surface area (Å²) in [5.74, 6) is -1.40. The van der Waals surface area contributed by atoms with Crippen LogP contribution in [-0.2, 0) is 0 Å². The highest BCUT2D eigenvalue weighted by Crippen LogP contribution is 2.36. The third-order valence-corrected chi connectivity index (χ3v) is 3.42. The van der Waals surface area contributed by atoms with Crippen molar-refractivity contribution in [1.82, 2.24) is 0 Å². The van der Waals surface area contributed by atoms with Gasteiger partial charge in [0.15, 0.2) is 5.75 Å². The molecule has 0 aliphatic rings. The molecule has 0 amide bonds. The Bertz CT molecular complexity index is 586. The number of nitro groups is 1. The van der Waals surface area contributed by atoms with E-state index in [4.69, 9.17) is 5.73 Å². The highest BCUT2D eigenvalue weighted by atomic mass is 32.1. The Hall–Kier alpha value is -1.99. The lowest BCUT2D eigenvalue weighted by atomic mass is 10.0. The molecule has 0 aliphatic heterocycles. The molecule has 94 valence electrons. The van der Waals surface area contributed by atoms with Crippen LogP contribution in [0.2, 0.25) is 0 Å². The predicted octanol–water partition coefficient (Wildman–Crippen LogP) is 2.55. The number of thiophene rings is 1. The van der Waals surface area contributed by atoms with Crippen LogP contribution in [0.25, 0.3) is 0 Å². The van der Waals surface area contributed by atoms with E-state index in [1.807, 2.05) is 0 Å². The zero-order valence-corrected chi connectivity index (χ0v) is 9.86. The van der Waals surface area contributed by atoms with E-state index < -0.39 is 28.2 Å². The molecular formula is C11H9FN2O3S. The van der Waals surface area contributed by atoms with Crippen LogP contribution in [0.5, 0.6) is 5.75 Å². The van der Waals surface area contributed by atoms with Gasteiger partial charge in [0.05, 0.1) is 17.0 Å². The van der Waals surface area contributed by atoms with E-state index in [9.17, 15) is 19.6 Å². The summed E-state index contributed by atoms with van der Waals surface area (Å²) in [6.45, 7) is 0. The summed E-state index contributed by atoms with van der Waals surface area (Å²) in [6, 6.07) is 4.35. The van der Waals surface area contributed by atoms with Crippen molar-refractivity contribution in [3.05, 3.63) is 56.0 Å². The Kier molecular flexibility index (Phi) is 3.26. The summed E-state index contributed by atoms with van der Waals surface area (Å²) in [7, 11) is 0. The Morgan fingerprint density at radius 3 is 2.78 bits per heavy atom. The minimum Gasteiger partial charge on any atom is -0.502 e. The first kappa shape index (κ1) is 12.5. The van der Waals surface area contributed by atoms with Gasteiger partial charge < -0.3 is 10.8 Å². The summed E-state index contributed by atoms with van der Waals surface area (Å²) in [4.78, 5) is 10.5. The Labute approximate surface area is 105 Å². The number of aromatic hydroxyl groups is 1. The molecular weight excluding hydrogens is 259 g/mol. The van der Waals surface area contributed by atoms with Crippen molar-refractivity contribution in [2.75, 3.05) is 0 Å². The number of nitro benzene ring substituents is 1. The third kappa shape index (κ3) is 2.18. The fourth-order valence-electron chi connectivity index (χ4n) is 1.60. The molecule has 0 saturated carbocycles. The van der Waals surface area contributed by atoms with Gasteiger partial charge in [-0.3, -0.25) is 10.1 Å². The lowest BCUT2D eigenvalue weighted by Crippen LogP contribution is -2.11. The van der Waals surface area contributed by atoms with Gasteiger partial charge in [-0.05, 0) is 17.5 Å². The Morgan fingerprint density at radius 2 is 2.22 bits per heavy atom. The molecule has 1 aromatic heterocycles. The van der Waals surface area contributed by atoms with Crippen molar-refractivity contribution in [1.29, 1.82) is 0 Å². The van der Waals surface area contributed by atoms with Gasteiger partial charge >= 0.3 is 5.69 Å². The average molecular weight is 268 g/mol. The molecule has 0 bridgehead atoms. The minimum absolute atomic E-state index is 0.00384. The summed E-state index contributed by atoms with van der Waals surface area (Å²) in [6.07, 6.45) is 0. The topological polar surface area (TPSA) is 89.4 Å². The second-order valence-corrected chi connectivity index (χ2v) is 4.59. The number of nitrogens with two attached hydrogens (primary N) is 1. The zero-order valence-electron chi connectivity index (χ0n) is 9.04. The SMILES string of the molecule is N[C@H](c1cccs1)c1cc(F)cc([N+](=O)[O-])c1O. The minimum atomic E-state index is -0.844. The fraction of sp³-hybridized carbons (Fsp3) is 0.0909. The van der Waals surface area contributed by atoms with Gasteiger partial charge in [-0.2, -0.15) is 0 Å². The van der Waals surface area contributed by atoms with Crippen molar-refractivity contribution in [2.24, 2.45) is 5.73 Å². The van der Waals surface area contributed by atoms with E-state index in [-0.39, 0.29) is 5.56 Å². The van der Waals surface area contributed by atoms with E-state index in [0.717, 1.165) is 6.07 Å². The molecule has 0 aliphatic carbocycles. The van der Waals surface area contributed by atoms with Crippen LogP contribution in [0.1, 0.15) is 16.5 Å². The van der Waals surface area contributed by atoms with E-state index >= 15 is 0 Å². The second kappa shape index (κ2) is 4.71. The molecule has 0 saturated heterocycles. The molecule has 1 atom stereocenters. The van der Waals surface area contributed by atoms with E-state index in [0.29, 0.717) is 10.9 Å². The number of hydrogen-bond acceptors (Lipinski definition) is 5. The van der Waals surface area contributed by atoms with E-state index in [1.165, 1.54) is 11.3 Å². The highest BCUT2D eigenvalue weighted by Gasteiger charge is 2.24. The maximum atomic E-state index is 13.3. The second-order valence-electron chi connectivity index (χ2n) is 3.61. The number of benzene rings is 1. The predicted molar refractivity (Wildman–Crippen MR) is 65.1 cm³/mol.